The Bertz CT molecular complexity index is 720. The van der Waals surface area contributed by atoms with Crippen molar-refractivity contribution < 1.29 is 4.74 Å². The number of aryl methyl sites for hydroxylation is 2. The molecule has 0 bridgehead atoms. The molecule has 3 rings (SSSR count). The molecular weight excluding hydrogens is 278 g/mol. The Morgan fingerprint density at radius 1 is 1.25 bits per heavy atom. The smallest absolute Gasteiger partial charge is 0.277 e. The molecule has 0 N–H and O–H groups in total. The van der Waals surface area contributed by atoms with Gasteiger partial charge in [-0.25, -0.2) is 4.98 Å². The summed E-state index contributed by atoms with van der Waals surface area (Å²) in [6, 6.07) is 0. The van der Waals surface area contributed by atoms with Crippen molar-refractivity contribution in [2.24, 2.45) is 0 Å². The van der Waals surface area contributed by atoms with Gasteiger partial charge in [0.05, 0.1) is 17.1 Å². The summed E-state index contributed by atoms with van der Waals surface area (Å²) < 4.78 is 6.88. The predicted molar refractivity (Wildman–Crippen MR) is 76.5 cm³/mol. The van der Waals surface area contributed by atoms with Crippen molar-refractivity contribution in [3.63, 3.8) is 0 Å². The molecule has 0 radical (unpaired) electrons. The Morgan fingerprint density at radius 2 is 1.95 bits per heavy atom. The molecule has 20 heavy (non-hydrogen) atoms. The second-order valence-electron chi connectivity index (χ2n) is 5.15. The highest BCUT2D eigenvalue weighted by Crippen LogP contribution is 2.26. The van der Waals surface area contributed by atoms with Crippen molar-refractivity contribution in [2.75, 3.05) is 13.2 Å². The van der Waals surface area contributed by atoms with Crippen LogP contribution >= 0.6 is 11.6 Å². The van der Waals surface area contributed by atoms with E-state index >= 15 is 0 Å². The molecule has 0 aromatic carbocycles. The van der Waals surface area contributed by atoms with Gasteiger partial charge in [-0.3, -0.25) is 14.2 Å². The van der Waals surface area contributed by atoms with E-state index in [1.165, 1.54) is 4.40 Å². The lowest BCUT2D eigenvalue weighted by Gasteiger charge is -2.22. The topological polar surface area (TPSA) is 56.5 Å². The number of rotatable bonds is 1. The number of aromatic nitrogens is 3. The van der Waals surface area contributed by atoms with Crippen molar-refractivity contribution in [3.05, 3.63) is 38.7 Å². The Balaban J connectivity index is 2.20. The highest BCUT2D eigenvalue weighted by Gasteiger charge is 2.19. The fourth-order valence-electron chi connectivity index (χ4n) is 2.59. The minimum absolute atomic E-state index is 0.172. The summed E-state index contributed by atoms with van der Waals surface area (Å²) in [7, 11) is 0. The molecule has 1 saturated heterocycles. The van der Waals surface area contributed by atoms with Crippen LogP contribution in [0.3, 0.4) is 0 Å². The number of fused-ring (bicyclic) bond motifs is 1. The van der Waals surface area contributed by atoms with Crippen LogP contribution < -0.4 is 5.56 Å². The lowest BCUT2D eigenvalue weighted by atomic mass is 9.97. The van der Waals surface area contributed by atoms with Gasteiger partial charge in [0.2, 0.25) is 0 Å². The highest BCUT2D eigenvalue weighted by atomic mass is 35.5. The molecule has 2 aromatic rings. The largest absolute Gasteiger partial charge is 0.381 e. The van der Waals surface area contributed by atoms with E-state index < -0.39 is 0 Å². The molecule has 0 unspecified atom stereocenters. The van der Waals surface area contributed by atoms with E-state index in [2.05, 4.69) is 9.97 Å². The van der Waals surface area contributed by atoms with Crippen LogP contribution in [0.1, 0.15) is 35.8 Å². The normalized spacial score (nSPS) is 16.8. The summed E-state index contributed by atoms with van der Waals surface area (Å²) >= 11 is 6.01. The average molecular weight is 294 g/mol. The van der Waals surface area contributed by atoms with E-state index in [9.17, 15) is 4.79 Å². The quantitative estimate of drug-likeness (QED) is 0.809. The van der Waals surface area contributed by atoms with Gasteiger partial charge >= 0.3 is 0 Å². The Morgan fingerprint density at radius 3 is 2.65 bits per heavy atom. The lowest BCUT2D eigenvalue weighted by Crippen LogP contribution is -2.21. The van der Waals surface area contributed by atoms with Crippen molar-refractivity contribution in [1.82, 2.24) is 14.4 Å². The van der Waals surface area contributed by atoms with E-state index in [1.54, 1.807) is 13.1 Å². The molecule has 3 heterocycles. The summed E-state index contributed by atoms with van der Waals surface area (Å²) in [4.78, 5) is 21.3. The van der Waals surface area contributed by atoms with Crippen LogP contribution in [-0.4, -0.2) is 27.6 Å². The van der Waals surface area contributed by atoms with Gasteiger partial charge < -0.3 is 4.74 Å². The van der Waals surface area contributed by atoms with Gasteiger partial charge in [-0.2, -0.15) is 0 Å². The van der Waals surface area contributed by atoms with Crippen LogP contribution in [-0.2, 0) is 4.74 Å². The molecule has 5 nitrogen and oxygen atoms in total. The van der Waals surface area contributed by atoms with Crippen LogP contribution in [0.2, 0.25) is 5.02 Å². The molecule has 2 aromatic heterocycles. The SMILES string of the molecule is Cc1nc2c(C)nc(C3CCOCC3)cn2c(=O)c1Cl. The van der Waals surface area contributed by atoms with Gasteiger partial charge in [0.15, 0.2) is 5.65 Å². The third-order valence-corrected chi connectivity index (χ3v) is 4.18. The standard InChI is InChI=1S/C14H16ClN3O2/c1-8-12(15)14(19)18-7-11(10-3-5-20-6-4-10)16-9(2)13(18)17-8/h7,10H,3-6H2,1-2H3. The van der Waals surface area contributed by atoms with E-state index in [-0.39, 0.29) is 10.6 Å². The van der Waals surface area contributed by atoms with Gasteiger partial charge in [0.25, 0.3) is 5.56 Å². The predicted octanol–water partition coefficient (Wildman–Crippen LogP) is 2.25. The van der Waals surface area contributed by atoms with Crippen molar-refractivity contribution in [1.29, 1.82) is 0 Å². The first-order chi connectivity index (χ1) is 9.58. The molecule has 106 valence electrons. The molecule has 1 aliphatic rings. The number of hydrogen-bond acceptors (Lipinski definition) is 4. The molecule has 6 heteroatoms. The van der Waals surface area contributed by atoms with Crippen molar-refractivity contribution in [2.45, 2.75) is 32.6 Å². The fraction of sp³-hybridized carbons (Fsp3) is 0.500. The first-order valence-corrected chi connectivity index (χ1v) is 7.09. The monoisotopic (exact) mass is 293 g/mol. The van der Waals surface area contributed by atoms with Crippen LogP contribution in [0, 0.1) is 13.8 Å². The van der Waals surface area contributed by atoms with Crippen LogP contribution in [0.15, 0.2) is 11.0 Å². The second-order valence-corrected chi connectivity index (χ2v) is 5.53. The first kappa shape index (κ1) is 13.5. The molecule has 0 amide bonds. The Hall–Kier alpha value is -1.46. The van der Waals surface area contributed by atoms with Gasteiger partial charge in [-0.1, -0.05) is 11.6 Å². The van der Waals surface area contributed by atoms with E-state index in [0.717, 1.165) is 37.4 Å². The Labute approximate surface area is 121 Å². The molecular formula is C14H16ClN3O2. The molecule has 1 aliphatic heterocycles. The average Bonchev–Trinajstić information content (AvgIpc) is 2.47. The van der Waals surface area contributed by atoms with E-state index in [1.807, 2.05) is 6.92 Å². The summed E-state index contributed by atoms with van der Waals surface area (Å²) in [6.07, 6.45) is 3.64. The summed E-state index contributed by atoms with van der Waals surface area (Å²) in [5.41, 5.74) is 2.56. The van der Waals surface area contributed by atoms with E-state index in [0.29, 0.717) is 17.3 Å². The minimum atomic E-state index is -0.229. The highest BCUT2D eigenvalue weighted by molar-refractivity contribution is 6.31. The molecule has 0 spiro atoms. The zero-order chi connectivity index (χ0) is 14.3. The molecule has 0 saturated carbocycles. The fourth-order valence-corrected chi connectivity index (χ4v) is 2.72. The molecule has 1 fully saturated rings. The summed E-state index contributed by atoms with van der Waals surface area (Å²) in [6.45, 7) is 5.09. The number of nitrogens with zero attached hydrogens (tertiary/aromatic N) is 3. The zero-order valence-electron chi connectivity index (χ0n) is 11.5. The lowest BCUT2D eigenvalue weighted by molar-refractivity contribution is 0.0844. The maximum absolute atomic E-state index is 12.3. The third kappa shape index (κ3) is 2.21. The maximum atomic E-state index is 12.3. The van der Waals surface area contributed by atoms with Crippen LogP contribution in [0.4, 0.5) is 0 Å². The maximum Gasteiger partial charge on any atom is 0.277 e. The molecule has 0 atom stereocenters. The first-order valence-electron chi connectivity index (χ1n) is 6.71. The van der Waals surface area contributed by atoms with Crippen molar-refractivity contribution >= 4 is 17.2 Å². The van der Waals surface area contributed by atoms with Crippen LogP contribution in [0.25, 0.3) is 5.65 Å². The van der Waals surface area contributed by atoms with Gasteiger partial charge in [0.1, 0.15) is 5.02 Å². The summed E-state index contributed by atoms with van der Waals surface area (Å²) in [5.74, 6) is 0.332. The van der Waals surface area contributed by atoms with Crippen LogP contribution in [0.5, 0.6) is 0 Å². The number of halogens is 1. The number of hydrogen-bond donors (Lipinski definition) is 0. The minimum Gasteiger partial charge on any atom is -0.381 e. The summed E-state index contributed by atoms with van der Waals surface area (Å²) in [5, 5.41) is 0.172. The van der Waals surface area contributed by atoms with Gasteiger partial charge in [0, 0.05) is 25.3 Å². The molecule has 0 aliphatic carbocycles. The van der Waals surface area contributed by atoms with Gasteiger partial charge in [-0.05, 0) is 26.7 Å². The second kappa shape index (κ2) is 5.14. The Kier molecular flexibility index (Phi) is 3.48. The van der Waals surface area contributed by atoms with Crippen molar-refractivity contribution in [3.8, 4) is 0 Å². The third-order valence-electron chi connectivity index (χ3n) is 3.75. The zero-order valence-corrected chi connectivity index (χ0v) is 12.3. The van der Waals surface area contributed by atoms with E-state index in [4.69, 9.17) is 16.3 Å². The van der Waals surface area contributed by atoms with Gasteiger partial charge in [-0.15, -0.1) is 0 Å². The number of ether oxygens (including phenoxy) is 1.